The van der Waals surface area contributed by atoms with Gasteiger partial charge in [0.25, 0.3) is 0 Å². The van der Waals surface area contributed by atoms with Crippen LogP contribution in [0.15, 0.2) is 11.6 Å². The SMILES string of the molecule is CC1(C(=O)c2cnsc2)CNC1. The average molecular weight is 182 g/mol. The van der Waals surface area contributed by atoms with E-state index < -0.39 is 0 Å². The molecule has 0 saturated carbocycles. The molecule has 3 nitrogen and oxygen atoms in total. The number of nitrogens with zero attached hydrogens (tertiary/aromatic N) is 1. The maximum atomic E-state index is 11.7. The topological polar surface area (TPSA) is 42.0 Å². The van der Waals surface area contributed by atoms with E-state index in [2.05, 4.69) is 9.69 Å². The first-order valence-electron chi connectivity index (χ1n) is 3.87. The lowest BCUT2D eigenvalue weighted by Gasteiger charge is -2.37. The third kappa shape index (κ3) is 1.07. The Labute approximate surface area is 75.0 Å². The van der Waals surface area contributed by atoms with Gasteiger partial charge in [0.05, 0.1) is 11.6 Å². The molecule has 0 spiro atoms. The highest BCUT2D eigenvalue weighted by Crippen LogP contribution is 2.26. The molecule has 1 aromatic heterocycles. The van der Waals surface area contributed by atoms with Gasteiger partial charge in [-0.2, -0.15) is 0 Å². The molecule has 1 fully saturated rings. The van der Waals surface area contributed by atoms with Crippen LogP contribution in [0, 0.1) is 5.41 Å². The number of hydrogen-bond acceptors (Lipinski definition) is 4. The lowest BCUT2D eigenvalue weighted by Crippen LogP contribution is -2.56. The zero-order valence-electron chi connectivity index (χ0n) is 6.83. The largest absolute Gasteiger partial charge is 0.315 e. The van der Waals surface area contributed by atoms with Gasteiger partial charge in [0.2, 0.25) is 0 Å². The normalized spacial score (nSPS) is 20.1. The third-order valence-electron chi connectivity index (χ3n) is 2.27. The quantitative estimate of drug-likeness (QED) is 0.692. The fraction of sp³-hybridized carbons (Fsp3) is 0.500. The lowest BCUT2D eigenvalue weighted by molar-refractivity contribution is 0.0722. The number of nitrogens with one attached hydrogen (secondary N) is 1. The van der Waals surface area contributed by atoms with Crippen LogP contribution in [-0.2, 0) is 0 Å². The van der Waals surface area contributed by atoms with Crippen LogP contribution in [0.2, 0.25) is 0 Å². The Bertz CT molecular complexity index is 290. The van der Waals surface area contributed by atoms with E-state index in [1.807, 2.05) is 12.3 Å². The second kappa shape index (κ2) is 2.64. The van der Waals surface area contributed by atoms with Crippen LogP contribution in [0.5, 0.6) is 0 Å². The highest BCUT2D eigenvalue weighted by Gasteiger charge is 2.39. The van der Waals surface area contributed by atoms with Gasteiger partial charge in [-0.05, 0) is 18.5 Å². The van der Waals surface area contributed by atoms with Crippen LogP contribution in [-0.4, -0.2) is 23.2 Å². The van der Waals surface area contributed by atoms with Gasteiger partial charge in [-0.1, -0.05) is 0 Å². The summed E-state index contributed by atoms with van der Waals surface area (Å²) in [5.74, 6) is 0.218. The molecule has 1 N–H and O–H groups in total. The van der Waals surface area contributed by atoms with E-state index >= 15 is 0 Å². The molecule has 4 heteroatoms. The zero-order chi connectivity index (χ0) is 8.60. The molecule has 12 heavy (non-hydrogen) atoms. The molecule has 1 aliphatic heterocycles. The summed E-state index contributed by atoms with van der Waals surface area (Å²) in [7, 11) is 0. The maximum absolute atomic E-state index is 11.7. The Morgan fingerprint density at radius 1 is 1.75 bits per heavy atom. The Kier molecular flexibility index (Phi) is 1.73. The molecule has 0 aromatic carbocycles. The number of carbonyl (C=O) groups excluding carboxylic acids is 1. The van der Waals surface area contributed by atoms with Crippen LogP contribution in [0.4, 0.5) is 0 Å². The molecule has 1 aromatic rings. The van der Waals surface area contributed by atoms with E-state index in [1.165, 1.54) is 11.5 Å². The van der Waals surface area contributed by atoms with Crippen molar-refractivity contribution in [3.63, 3.8) is 0 Å². The minimum atomic E-state index is -0.178. The molecule has 2 heterocycles. The summed E-state index contributed by atoms with van der Waals surface area (Å²) < 4.78 is 3.92. The minimum absolute atomic E-state index is 0.178. The fourth-order valence-electron chi connectivity index (χ4n) is 1.33. The summed E-state index contributed by atoms with van der Waals surface area (Å²) in [4.78, 5) is 11.7. The number of aromatic nitrogens is 1. The predicted octanol–water partition coefficient (Wildman–Crippen LogP) is 0.935. The maximum Gasteiger partial charge on any atom is 0.173 e. The van der Waals surface area contributed by atoms with Crippen molar-refractivity contribution in [2.45, 2.75) is 6.92 Å². The first-order valence-corrected chi connectivity index (χ1v) is 4.71. The minimum Gasteiger partial charge on any atom is -0.315 e. The Morgan fingerprint density at radius 3 is 2.92 bits per heavy atom. The molecule has 0 aliphatic carbocycles. The van der Waals surface area contributed by atoms with Crippen molar-refractivity contribution in [2.24, 2.45) is 5.41 Å². The zero-order valence-corrected chi connectivity index (χ0v) is 7.65. The van der Waals surface area contributed by atoms with Gasteiger partial charge in [0, 0.05) is 24.0 Å². The van der Waals surface area contributed by atoms with Crippen LogP contribution in [0.25, 0.3) is 0 Å². The second-order valence-corrected chi connectivity index (χ2v) is 4.06. The Balaban J connectivity index is 2.20. The summed E-state index contributed by atoms with van der Waals surface area (Å²) in [5.41, 5.74) is 0.576. The van der Waals surface area contributed by atoms with Gasteiger partial charge in [-0.15, -0.1) is 0 Å². The summed E-state index contributed by atoms with van der Waals surface area (Å²) in [6, 6.07) is 0. The summed E-state index contributed by atoms with van der Waals surface area (Å²) in [5, 5.41) is 4.92. The standard InChI is InChI=1S/C8H10N2OS/c1-8(4-9-5-8)7(11)6-2-10-12-3-6/h2-3,9H,4-5H2,1H3. The van der Waals surface area contributed by atoms with Crippen molar-refractivity contribution in [3.8, 4) is 0 Å². The van der Waals surface area contributed by atoms with E-state index in [-0.39, 0.29) is 11.2 Å². The Hall–Kier alpha value is -0.740. The van der Waals surface area contributed by atoms with E-state index in [0.717, 1.165) is 18.7 Å². The summed E-state index contributed by atoms with van der Waals surface area (Å²) >= 11 is 1.33. The molecule has 64 valence electrons. The van der Waals surface area contributed by atoms with Gasteiger partial charge in [0.1, 0.15) is 0 Å². The van der Waals surface area contributed by atoms with Crippen LogP contribution in [0.3, 0.4) is 0 Å². The van der Waals surface area contributed by atoms with E-state index in [9.17, 15) is 4.79 Å². The average Bonchev–Trinajstić information content (AvgIpc) is 2.50. The fourth-order valence-corrected chi connectivity index (χ4v) is 1.84. The molecule has 0 radical (unpaired) electrons. The molecule has 1 saturated heterocycles. The second-order valence-electron chi connectivity index (χ2n) is 3.41. The van der Waals surface area contributed by atoms with E-state index in [0.29, 0.717) is 0 Å². The lowest BCUT2D eigenvalue weighted by atomic mass is 9.78. The molecular formula is C8H10N2OS. The molecular weight excluding hydrogens is 172 g/mol. The Morgan fingerprint density at radius 2 is 2.50 bits per heavy atom. The van der Waals surface area contributed by atoms with Gasteiger partial charge in [-0.25, -0.2) is 4.37 Å². The van der Waals surface area contributed by atoms with Crippen molar-refractivity contribution >= 4 is 17.3 Å². The van der Waals surface area contributed by atoms with Gasteiger partial charge in [0.15, 0.2) is 5.78 Å². The number of hydrogen-bond donors (Lipinski definition) is 1. The summed E-state index contributed by atoms with van der Waals surface area (Å²) in [6.45, 7) is 3.58. The van der Waals surface area contributed by atoms with Crippen molar-refractivity contribution < 1.29 is 4.79 Å². The van der Waals surface area contributed by atoms with Gasteiger partial charge < -0.3 is 5.32 Å². The predicted molar refractivity (Wildman–Crippen MR) is 47.4 cm³/mol. The molecule has 2 rings (SSSR count). The van der Waals surface area contributed by atoms with Crippen molar-refractivity contribution in [3.05, 3.63) is 17.1 Å². The first kappa shape index (κ1) is 7.89. The smallest absolute Gasteiger partial charge is 0.173 e. The van der Waals surface area contributed by atoms with E-state index in [1.54, 1.807) is 6.20 Å². The van der Waals surface area contributed by atoms with Crippen LogP contribution < -0.4 is 5.32 Å². The third-order valence-corrected chi connectivity index (χ3v) is 2.86. The van der Waals surface area contributed by atoms with Crippen molar-refractivity contribution in [1.29, 1.82) is 0 Å². The highest BCUT2D eigenvalue weighted by molar-refractivity contribution is 7.03. The number of Topliss-reactive ketones (excluding diaryl/α,β-unsaturated/α-hetero) is 1. The van der Waals surface area contributed by atoms with Crippen LogP contribution in [0.1, 0.15) is 17.3 Å². The van der Waals surface area contributed by atoms with Crippen molar-refractivity contribution in [1.82, 2.24) is 9.69 Å². The van der Waals surface area contributed by atoms with E-state index in [4.69, 9.17) is 0 Å². The van der Waals surface area contributed by atoms with Crippen molar-refractivity contribution in [2.75, 3.05) is 13.1 Å². The number of rotatable bonds is 2. The molecule has 0 atom stereocenters. The molecule has 1 aliphatic rings. The van der Waals surface area contributed by atoms with Gasteiger partial charge in [-0.3, -0.25) is 4.79 Å². The highest BCUT2D eigenvalue weighted by atomic mass is 32.1. The number of ketones is 1. The monoisotopic (exact) mass is 182 g/mol. The molecule has 0 unspecified atom stereocenters. The molecule has 0 bridgehead atoms. The summed E-state index contributed by atoms with van der Waals surface area (Å²) in [6.07, 6.45) is 1.65. The van der Waals surface area contributed by atoms with Gasteiger partial charge >= 0.3 is 0 Å². The number of carbonyl (C=O) groups is 1. The van der Waals surface area contributed by atoms with Crippen LogP contribution >= 0.6 is 11.5 Å². The first-order chi connectivity index (χ1) is 5.72. The molecule has 0 amide bonds.